The number of aliphatic imine (C=N–C) groups is 1. The zero-order valence-corrected chi connectivity index (χ0v) is 14.6. The number of benzene rings is 3. The van der Waals surface area contributed by atoms with E-state index in [0.29, 0.717) is 6.61 Å². The fourth-order valence-corrected chi connectivity index (χ4v) is 2.94. The molecule has 0 atom stereocenters. The van der Waals surface area contributed by atoms with Crippen LogP contribution in [0, 0.1) is 0 Å². The SMILES string of the molecule is CCOc1ccc(N=Cc2ccc(-c3cccc4ccccc34)o2)cc1. The highest BCUT2D eigenvalue weighted by Gasteiger charge is 2.07. The Bertz CT molecular complexity index is 1040. The molecule has 0 saturated carbocycles. The Morgan fingerprint density at radius 2 is 1.69 bits per heavy atom. The van der Waals surface area contributed by atoms with Crippen molar-refractivity contribution in [2.24, 2.45) is 4.99 Å². The molecule has 4 aromatic rings. The van der Waals surface area contributed by atoms with E-state index < -0.39 is 0 Å². The largest absolute Gasteiger partial charge is 0.494 e. The molecule has 3 aromatic carbocycles. The number of nitrogens with zero attached hydrogens (tertiary/aromatic N) is 1. The summed E-state index contributed by atoms with van der Waals surface area (Å²) < 4.78 is 11.4. The molecular formula is C23H19NO2. The molecule has 0 aliphatic heterocycles. The molecule has 1 heterocycles. The van der Waals surface area contributed by atoms with Crippen molar-refractivity contribution in [1.82, 2.24) is 0 Å². The summed E-state index contributed by atoms with van der Waals surface area (Å²) in [7, 11) is 0. The van der Waals surface area contributed by atoms with E-state index in [-0.39, 0.29) is 0 Å². The highest BCUT2D eigenvalue weighted by Crippen LogP contribution is 2.29. The second-order valence-corrected chi connectivity index (χ2v) is 5.91. The molecule has 0 fully saturated rings. The van der Waals surface area contributed by atoms with E-state index in [1.54, 1.807) is 6.21 Å². The van der Waals surface area contributed by atoms with Gasteiger partial charge in [-0.3, -0.25) is 4.99 Å². The minimum atomic E-state index is 0.659. The molecule has 0 saturated heterocycles. The first-order valence-electron chi connectivity index (χ1n) is 8.68. The Kier molecular flexibility index (Phi) is 4.52. The summed E-state index contributed by atoms with van der Waals surface area (Å²) in [6.07, 6.45) is 1.74. The van der Waals surface area contributed by atoms with Crippen molar-refractivity contribution >= 4 is 22.7 Å². The van der Waals surface area contributed by atoms with Gasteiger partial charge in [0.2, 0.25) is 0 Å². The second-order valence-electron chi connectivity index (χ2n) is 5.91. The van der Waals surface area contributed by atoms with Crippen LogP contribution in [0.1, 0.15) is 12.7 Å². The van der Waals surface area contributed by atoms with Crippen LogP contribution < -0.4 is 4.74 Å². The Morgan fingerprint density at radius 1 is 0.885 bits per heavy atom. The Morgan fingerprint density at radius 3 is 2.54 bits per heavy atom. The van der Waals surface area contributed by atoms with Gasteiger partial charge in [-0.2, -0.15) is 0 Å². The molecule has 0 radical (unpaired) electrons. The van der Waals surface area contributed by atoms with E-state index in [1.165, 1.54) is 10.8 Å². The van der Waals surface area contributed by atoms with Crippen LogP contribution in [-0.2, 0) is 0 Å². The minimum absolute atomic E-state index is 0.659. The molecule has 0 aliphatic rings. The summed E-state index contributed by atoms with van der Waals surface area (Å²) in [4.78, 5) is 4.47. The lowest BCUT2D eigenvalue weighted by molar-refractivity contribution is 0.340. The summed E-state index contributed by atoms with van der Waals surface area (Å²) in [5.74, 6) is 2.42. The van der Waals surface area contributed by atoms with E-state index in [2.05, 4.69) is 29.3 Å². The minimum Gasteiger partial charge on any atom is -0.494 e. The van der Waals surface area contributed by atoms with Crippen LogP contribution >= 0.6 is 0 Å². The van der Waals surface area contributed by atoms with Gasteiger partial charge < -0.3 is 9.15 Å². The van der Waals surface area contributed by atoms with Crippen LogP contribution in [0.15, 0.2) is 88.3 Å². The fourth-order valence-electron chi connectivity index (χ4n) is 2.94. The molecular weight excluding hydrogens is 322 g/mol. The van der Waals surface area contributed by atoms with Gasteiger partial charge in [0.1, 0.15) is 17.3 Å². The van der Waals surface area contributed by atoms with Crippen molar-refractivity contribution in [3.8, 4) is 17.1 Å². The van der Waals surface area contributed by atoms with Crippen molar-refractivity contribution in [2.45, 2.75) is 6.92 Å². The summed E-state index contributed by atoms with van der Waals surface area (Å²) in [5.41, 5.74) is 1.94. The summed E-state index contributed by atoms with van der Waals surface area (Å²) >= 11 is 0. The van der Waals surface area contributed by atoms with E-state index in [9.17, 15) is 0 Å². The number of fused-ring (bicyclic) bond motifs is 1. The standard InChI is InChI=1S/C23H19NO2/c1-2-25-19-12-10-18(11-13-19)24-16-20-14-15-23(26-20)22-9-5-7-17-6-3-4-8-21(17)22/h3-16H,2H2,1H3. The third-order valence-electron chi connectivity index (χ3n) is 4.17. The monoisotopic (exact) mass is 341 g/mol. The predicted octanol–water partition coefficient (Wildman–Crippen LogP) is 6.25. The van der Waals surface area contributed by atoms with Crippen molar-refractivity contribution in [2.75, 3.05) is 6.61 Å². The van der Waals surface area contributed by atoms with Gasteiger partial charge in [0.15, 0.2) is 0 Å². The van der Waals surface area contributed by atoms with Crippen LogP contribution in [0.5, 0.6) is 5.75 Å². The molecule has 1 aromatic heterocycles. The maximum Gasteiger partial charge on any atom is 0.145 e. The van der Waals surface area contributed by atoms with Crippen LogP contribution in [0.2, 0.25) is 0 Å². The van der Waals surface area contributed by atoms with Gasteiger partial charge in [-0.15, -0.1) is 0 Å². The lowest BCUT2D eigenvalue weighted by Crippen LogP contribution is -1.89. The Labute approximate surface area is 152 Å². The summed E-state index contributed by atoms with van der Waals surface area (Å²) in [6, 6.07) is 26.2. The first-order valence-corrected chi connectivity index (χ1v) is 8.68. The number of hydrogen-bond acceptors (Lipinski definition) is 3. The van der Waals surface area contributed by atoms with E-state index >= 15 is 0 Å². The van der Waals surface area contributed by atoms with Gasteiger partial charge in [-0.25, -0.2) is 0 Å². The highest BCUT2D eigenvalue weighted by atomic mass is 16.5. The first kappa shape index (κ1) is 16.2. The maximum atomic E-state index is 5.99. The molecule has 0 aliphatic carbocycles. The molecule has 4 rings (SSSR count). The maximum absolute atomic E-state index is 5.99. The third-order valence-corrected chi connectivity index (χ3v) is 4.17. The quantitative estimate of drug-likeness (QED) is 0.402. The molecule has 0 spiro atoms. The molecule has 0 bridgehead atoms. The second kappa shape index (κ2) is 7.28. The topological polar surface area (TPSA) is 34.7 Å². The predicted molar refractivity (Wildman–Crippen MR) is 107 cm³/mol. The number of ether oxygens (including phenoxy) is 1. The van der Waals surface area contributed by atoms with Gasteiger partial charge in [0.25, 0.3) is 0 Å². The van der Waals surface area contributed by atoms with Gasteiger partial charge in [0, 0.05) is 5.56 Å². The van der Waals surface area contributed by atoms with E-state index in [1.807, 2.05) is 61.5 Å². The molecule has 3 heteroatoms. The zero-order chi connectivity index (χ0) is 17.8. The third kappa shape index (κ3) is 3.38. The van der Waals surface area contributed by atoms with Crippen LogP contribution in [0.3, 0.4) is 0 Å². The van der Waals surface area contributed by atoms with E-state index in [4.69, 9.17) is 9.15 Å². The van der Waals surface area contributed by atoms with Crippen molar-refractivity contribution < 1.29 is 9.15 Å². The lowest BCUT2D eigenvalue weighted by atomic mass is 10.0. The number of rotatable bonds is 5. The first-order chi connectivity index (χ1) is 12.8. The molecule has 0 amide bonds. The van der Waals surface area contributed by atoms with Crippen molar-refractivity contribution in [3.63, 3.8) is 0 Å². The van der Waals surface area contributed by atoms with Gasteiger partial charge in [0.05, 0.1) is 18.5 Å². The molecule has 0 unspecified atom stereocenters. The molecule has 128 valence electrons. The molecule has 3 nitrogen and oxygen atoms in total. The van der Waals surface area contributed by atoms with Gasteiger partial charge >= 0.3 is 0 Å². The van der Waals surface area contributed by atoms with Crippen molar-refractivity contribution in [1.29, 1.82) is 0 Å². The number of hydrogen-bond donors (Lipinski definition) is 0. The molecule has 0 N–H and O–H groups in total. The average Bonchev–Trinajstić information content (AvgIpc) is 3.16. The number of furan rings is 1. The van der Waals surface area contributed by atoms with Crippen molar-refractivity contribution in [3.05, 3.63) is 84.6 Å². The lowest BCUT2D eigenvalue weighted by Gasteiger charge is -2.03. The average molecular weight is 341 g/mol. The van der Waals surface area contributed by atoms with Gasteiger partial charge in [-0.1, -0.05) is 42.5 Å². The Hall–Kier alpha value is -3.33. The summed E-state index contributed by atoms with van der Waals surface area (Å²) in [6.45, 7) is 2.63. The smallest absolute Gasteiger partial charge is 0.145 e. The van der Waals surface area contributed by atoms with Crippen LogP contribution in [0.4, 0.5) is 5.69 Å². The zero-order valence-electron chi connectivity index (χ0n) is 14.6. The normalized spacial score (nSPS) is 11.3. The summed E-state index contributed by atoms with van der Waals surface area (Å²) in [5, 5.41) is 2.38. The van der Waals surface area contributed by atoms with E-state index in [0.717, 1.165) is 28.5 Å². The molecule has 26 heavy (non-hydrogen) atoms. The van der Waals surface area contributed by atoms with Crippen LogP contribution in [0.25, 0.3) is 22.1 Å². The highest BCUT2D eigenvalue weighted by molar-refractivity contribution is 5.95. The fraction of sp³-hybridized carbons (Fsp3) is 0.0870. The Balaban J connectivity index is 1.58. The van der Waals surface area contributed by atoms with Crippen LogP contribution in [-0.4, -0.2) is 12.8 Å². The van der Waals surface area contributed by atoms with Gasteiger partial charge in [-0.05, 0) is 54.1 Å².